The SMILES string of the molecule is N#C[C@H]1CCN1C(=O)N1CCN(c2nc(OC[C@@]34CCCN3C[C@H](F)C4)nc3c(F)c(-c4ccc(F)c5sc(N)nc45)c(Cl)cc23)CC1. The fraction of sp³-hybridized carbons (Fsp3) is 0.469. The van der Waals surface area contributed by atoms with Crippen LogP contribution in [-0.2, 0) is 0 Å². The number of nitriles is 1. The number of rotatable bonds is 5. The van der Waals surface area contributed by atoms with Crippen molar-refractivity contribution in [2.45, 2.75) is 43.4 Å². The topological polar surface area (TPSA) is 128 Å². The minimum Gasteiger partial charge on any atom is -0.461 e. The number of thiazole rings is 1. The molecule has 6 heterocycles. The highest BCUT2D eigenvalue weighted by molar-refractivity contribution is 7.22. The Balaban J connectivity index is 1.18. The first-order chi connectivity index (χ1) is 23.2. The highest BCUT2D eigenvalue weighted by Crippen LogP contribution is 2.44. The van der Waals surface area contributed by atoms with E-state index < -0.39 is 29.4 Å². The van der Waals surface area contributed by atoms with Gasteiger partial charge in [0, 0.05) is 62.2 Å². The quantitative estimate of drug-likeness (QED) is 0.299. The molecule has 0 bridgehead atoms. The molecule has 2 amide bonds. The number of amides is 2. The van der Waals surface area contributed by atoms with Crippen LogP contribution in [0.25, 0.3) is 32.2 Å². The molecule has 3 atom stereocenters. The van der Waals surface area contributed by atoms with Crippen LogP contribution in [0, 0.1) is 23.0 Å². The number of fused-ring (bicyclic) bond motifs is 3. The first-order valence-electron chi connectivity index (χ1n) is 15.9. The van der Waals surface area contributed by atoms with Crippen molar-refractivity contribution >= 4 is 61.0 Å². The third-order valence-electron chi connectivity index (χ3n) is 10.1. The van der Waals surface area contributed by atoms with Gasteiger partial charge in [-0.2, -0.15) is 15.2 Å². The molecule has 2 aromatic heterocycles. The summed E-state index contributed by atoms with van der Waals surface area (Å²) >= 11 is 7.75. The molecule has 11 nitrogen and oxygen atoms in total. The minimum absolute atomic E-state index is 0.0105. The average Bonchev–Trinajstić information content (AvgIpc) is 3.72. The monoisotopic (exact) mass is 697 g/mol. The van der Waals surface area contributed by atoms with E-state index in [-0.39, 0.29) is 55.7 Å². The van der Waals surface area contributed by atoms with Crippen molar-refractivity contribution in [1.82, 2.24) is 29.7 Å². The molecular formula is C32H31ClF3N9O2S. The molecule has 2 N–H and O–H groups in total. The second-order valence-electron chi connectivity index (χ2n) is 12.8. The first kappa shape index (κ1) is 31.2. The van der Waals surface area contributed by atoms with Gasteiger partial charge in [-0.15, -0.1) is 0 Å². The Morgan fingerprint density at radius 3 is 2.71 bits per heavy atom. The molecule has 0 aliphatic carbocycles. The van der Waals surface area contributed by atoms with Crippen LogP contribution in [0.5, 0.6) is 6.01 Å². The number of urea groups is 1. The van der Waals surface area contributed by atoms with Crippen LogP contribution in [0.4, 0.5) is 28.9 Å². The molecule has 4 fully saturated rings. The van der Waals surface area contributed by atoms with Crippen LogP contribution in [0.3, 0.4) is 0 Å². The fourth-order valence-corrected chi connectivity index (χ4v) is 8.65. The lowest BCUT2D eigenvalue weighted by molar-refractivity contribution is 0.103. The molecule has 4 aliphatic rings. The number of piperazine rings is 1. The summed E-state index contributed by atoms with van der Waals surface area (Å²) in [6.45, 7) is 3.30. The van der Waals surface area contributed by atoms with E-state index in [1.165, 1.54) is 12.1 Å². The molecule has 2 aromatic carbocycles. The van der Waals surface area contributed by atoms with Gasteiger partial charge in [0.15, 0.2) is 10.9 Å². The van der Waals surface area contributed by atoms with Gasteiger partial charge in [-0.3, -0.25) is 4.90 Å². The predicted molar refractivity (Wildman–Crippen MR) is 176 cm³/mol. The molecule has 0 radical (unpaired) electrons. The minimum atomic E-state index is -0.949. The molecule has 0 unspecified atom stereocenters. The maximum absolute atomic E-state index is 16.8. The van der Waals surface area contributed by atoms with E-state index in [2.05, 4.69) is 20.9 Å². The summed E-state index contributed by atoms with van der Waals surface area (Å²) in [7, 11) is 0. The summed E-state index contributed by atoms with van der Waals surface area (Å²) in [6, 6.07) is 5.72. The van der Waals surface area contributed by atoms with Crippen LogP contribution in [0.1, 0.15) is 25.7 Å². The van der Waals surface area contributed by atoms with Crippen LogP contribution >= 0.6 is 22.9 Å². The Kier molecular flexibility index (Phi) is 7.65. The van der Waals surface area contributed by atoms with Gasteiger partial charge >= 0.3 is 12.0 Å². The van der Waals surface area contributed by atoms with Crippen LogP contribution in [0.2, 0.25) is 5.02 Å². The molecular weight excluding hydrogens is 667 g/mol. The van der Waals surface area contributed by atoms with Crippen molar-refractivity contribution in [2.75, 3.05) is 63.1 Å². The second kappa shape index (κ2) is 11.8. The molecule has 8 rings (SSSR count). The number of anilines is 2. The number of nitrogens with two attached hydrogens (primary N) is 1. The maximum atomic E-state index is 16.8. The first-order valence-corrected chi connectivity index (χ1v) is 17.1. The van der Waals surface area contributed by atoms with Gasteiger partial charge in [0.2, 0.25) is 0 Å². The number of ether oxygens (including phenoxy) is 1. The number of carbonyl (C=O) groups is 1. The number of alkyl halides is 1. The third kappa shape index (κ3) is 5.03. The average molecular weight is 698 g/mol. The van der Waals surface area contributed by atoms with Crippen molar-refractivity contribution in [2.24, 2.45) is 0 Å². The van der Waals surface area contributed by atoms with E-state index >= 15 is 4.39 Å². The predicted octanol–water partition coefficient (Wildman–Crippen LogP) is 5.22. The van der Waals surface area contributed by atoms with E-state index in [1.54, 1.807) is 15.9 Å². The van der Waals surface area contributed by atoms with Crippen molar-refractivity contribution in [3.05, 3.63) is 34.9 Å². The van der Waals surface area contributed by atoms with E-state index in [4.69, 9.17) is 27.1 Å². The Morgan fingerprint density at radius 2 is 1.96 bits per heavy atom. The fourth-order valence-electron chi connectivity index (χ4n) is 7.60. The Hall–Kier alpha value is -4.13. The molecule has 0 spiro atoms. The van der Waals surface area contributed by atoms with Gasteiger partial charge in [-0.1, -0.05) is 22.9 Å². The van der Waals surface area contributed by atoms with E-state index in [1.807, 2.05) is 4.90 Å². The van der Waals surface area contributed by atoms with E-state index in [0.717, 1.165) is 30.7 Å². The molecule has 16 heteroatoms. The molecule has 4 aliphatic heterocycles. The van der Waals surface area contributed by atoms with Gasteiger partial charge in [0.25, 0.3) is 0 Å². The number of benzene rings is 2. The summed E-state index contributed by atoms with van der Waals surface area (Å²) in [5.41, 5.74) is 5.81. The summed E-state index contributed by atoms with van der Waals surface area (Å²) < 4.78 is 52.3. The highest BCUT2D eigenvalue weighted by atomic mass is 35.5. The highest BCUT2D eigenvalue weighted by Gasteiger charge is 2.49. The van der Waals surface area contributed by atoms with Crippen LogP contribution in [0.15, 0.2) is 18.2 Å². The van der Waals surface area contributed by atoms with Gasteiger partial charge in [-0.25, -0.2) is 22.9 Å². The van der Waals surface area contributed by atoms with Crippen LogP contribution < -0.4 is 15.4 Å². The van der Waals surface area contributed by atoms with Gasteiger partial charge in [-0.05, 0) is 44.0 Å². The summed E-state index contributed by atoms with van der Waals surface area (Å²) in [5.74, 6) is -0.908. The summed E-state index contributed by atoms with van der Waals surface area (Å²) in [4.78, 5) is 33.9. The number of carbonyl (C=O) groups excluding carboxylic acids is 1. The number of likely N-dealkylation sites (tertiary alicyclic amines) is 1. The Labute approximate surface area is 282 Å². The maximum Gasteiger partial charge on any atom is 0.321 e. The van der Waals surface area contributed by atoms with E-state index in [0.29, 0.717) is 63.3 Å². The van der Waals surface area contributed by atoms with Crippen molar-refractivity contribution in [3.63, 3.8) is 0 Å². The number of hydrogen-bond donors (Lipinski definition) is 1. The number of nitrogen functional groups attached to an aromatic ring is 1. The van der Waals surface area contributed by atoms with Crippen molar-refractivity contribution in [1.29, 1.82) is 5.26 Å². The number of aromatic nitrogens is 3. The largest absolute Gasteiger partial charge is 0.461 e. The summed E-state index contributed by atoms with van der Waals surface area (Å²) in [5, 5.41) is 9.83. The van der Waals surface area contributed by atoms with Gasteiger partial charge in [0.1, 0.15) is 36.0 Å². The standard InChI is InChI=1S/C32H31ClF3N9O2S/c33-21-12-20-25(24(36)23(21)19-2-3-22(35)27-26(19)39-29(38)48-27)40-30(47-16-32-5-1-6-44(32)15-17(34)13-32)41-28(20)42-8-10-43(11-9-42)31(46)45-7-4-18(45)14-37/h2-3,12,17-18H,1,4-11,13,15-16H2,(H2,38,39)/t17-,18-,32+/m1/s1. The number of hydrogen-bond acceptors (Lipinski definition) is 10. The molecule has 250 valence electrons. The smallest absolute Gasteiger partial charge is 0.321 e. The number of nitrogens with zero attached hydrogens (tertiary/aromatic N) is 8. The molecule has 0 saturated carbocycles. The Morgan fingerprint density at radius 1 is 1.15 bits per heavy atom. The lowest BCUT2D eigenvalue weighted by Gasteiger charge is -2.43. The number of halogens is 4. The van der Waals surface area contributed by atoms with Gasteiger partial charge < -0.3 is 25.2 Å². The second-order valence-corrected chi connectivity index (χ2v) is 14.3. The summed E-state index contributed by atoms with van der Waals surface area (Å²) in [6.07, 6.45) is 1.77. The molecule has 4 saturated heterocycles. The third-order valence-corrected chi connectivity index (χ3v) is 11.3. The van der Waals surface area contributed by atoms with Crippen molar-refractivity contribution < 1.29 is 22.7 Å². The van der Waals surface area contributed by atoms with E-state index in [9.17, 15) is 18.8 Å². The lowest BCUT2D eigenvalue weighted by atomic mass is 9.95. The zero-order chi connectivity index (χ0) is 33.3. The van der Waals surface area contributed by atoms with Crippen LogP contribution in [-0.4, -0.2) is 106 Å². The molecule has 4 aromatic rings. The lowest BCUT2D eigenvalue weighted by Crippen LogP contribution is -2.59. The molecule has 48 heavy (non-hydrogen) atoms. The zero-order valence-corrected chi connectivity index (χ0v) is 27.3. The van der Waals surface area contributed by atoms with Gasteiger partial charge in [0.05, 0.1) is 26.8 Å². The normalized spacial score (nSPS) is 24.3. The Bertz CT molecular complexity index is 2000. The zero-order valence-electron chi connectivity index (χ0n) is 25.8. The van der Waals surface area contributed by atoms with Crippen molar-refractivity contribution in [3.8, 4) is 23.2 Å².